The zero-order chi connectivity index (χ0) is 18.2. The van der Waals surface area contributed by atoms with Crippen LogP contribution in [0.5, 0.6) is 5.75 Å². The number of hydrogen-bond donors (Lipinski definition) is 2. The van der Waals surface area contributed by atoms with E-state index in [0.29, 0.717) is 18.6 Å². The van der Waals surface area contributed by atoms with Crippen molar-refractivity contribution in [2.75, 3.05) is 6.61 Å². The third-order valence-corrected chi connectivity index (χ3v) is 3.67. The van der Waals surface area contributed by atoms with Crippen molar-refractivity contribution in [2.24, 2.45) is 0 Å². The molecule has 0 aliphatic carbocycles. The first kappa shape index (κ1) is 18.4. The van der Waals surface area contributed by atoms with Gasteiger partial charge in [0, 0.05) is 6.42 Å². The topological polar surface area (TPSA) is 75.6 Å². The molecule has 2 aromatic carbocycles. The first-order chi connectivity index (χ1) is 11.9. The first-order valence-electron chi connectivity index (χ1n) is 7.92. The third-order valence-electron chi connectivity index (χ3n) is 3.67. The molecule has 0 fully saturated rings. The molecule has 6 heteroatoms. The largest absolute Gasteiger partial charge is 0.482 e. The number of ether oxygens (including phenoxy) is 1. The highest BCUT2D eigenvalue weighted by Crippen LogP contribution is 2.18. The molecule has 5 nitrogen and oxygen atoms in total. The number of hydrogen-bond acceptors (Lipinski definition) is 3. The normalized spacial score (nSPS) is 11.6. The van der Waals surface area contributed by atoms with Gasteiger partial charge in [0.2, 0.25) is 5.91 Å². The average molecular weight is 345 g/mol. The van der Waals surface area contributed by atoms with Gasteiger partial charge in [0.1, 0.15) is 11.6 Å². The second kappa shape index (κ2) is 8.82. The fourth-order valence-electron chi connectivity index (χ4n) is 2.30. The van der Waals surface area contributed by atoms with E-state index in [0.717, 1.165) is 11.1 Å². The zero-order valence-electron chi connectivity index (χ0n) is 13.9. The molecule has 132 valence electrons. The molecule has 2 N–H and O–H groups in total. The minimum atomic E-state index is -1.04. The van der Waals surface area contributed by atoms with Gasteiger partial charge in [-0.1, -0.05) is 24.3 Å². The number of aryl methyl sites for hydroxylation is 1. The monoisotopic (exact) mass is 345 g/mol. The lowest BCUT2D eigenvalue weighted by molar-refractivity contribution is -0.139. The molecule has 0 saturated heterocycles. The van der Waals surface area contributed by atoms with Crippen LogP contribution in [0.3, 0.4) is 0 Å². The van der Waals surface area contributed by atoms with Gasteiger partial charge < -0.3 is 15.2 Å². The van der Waals surface area contributed by atoms with Crippen LogP contribution in [0.4, 0.5) is 4.39 Å². The molecule has 0 heterocycles. The second-order valence-corrected chi connectivity index (χ2v) is 5.67. The Balaban J connectivity index is 1.81. The summed E-state index contributed by atoms with van der Waals surface area (Å²) in [4.78, 5) is 22.5. The highest BCUT2D eigenvalue weighted by atomic mass is 19.1. The van der Waals surface area contributed by atoms with Gasteiger partial charge in [0.15, 0.2) is 6.61 Å². The van der Waals surface area contributed by atoms with E-state index in [9.17, 15) is 14.0 Å². The van der Waals surface area contributed by atoms with Gasteiger partial charge in [0.05, 0.1) is 6.04 Å². The van der Waals surface area contributed by atoms with Crippen LogP contribution in [-0.2, 0) is 16.0 Å². The van der Waals surface area contributed by atoms with Crippen molar-refractivity contribution >= 4 is 11.9 Å². The van der Waals surface area contributed by atoms with Crippen LogP contribution < -0.4 is 10.1 Å². The quantitative estimate of drug-likeness (QED) is 0.771. The van der Waals surface area contributed by atoms with E-state index in [1.807, 2.05) is 6.92 Å². The summed E-state index contributed by atoms with van der Waals surface area (Å²) in [6.45, 7) is 1.47. The van der Waals surface area contributed by atoms with Crippen LogP contribution in [0.2, 0.25) is 0 Å². The number of carboxylic acid groups (broad SMARTS) is 1. The summed E-state index contributed by atoms with van der Waals surface area (Å²) in [6.07, 6.45) is 0.858. The van der Waals surface area contributed by atoms with Crippen LogP contribution in [0, 0.1) is 5.82 Å². The smallest absolute Gasteiger partial charge is 0.341 e. The van der Waals surface area contributed by atoms with Crippen molar-refractivity contribution in [1.82, 2.24) is 5.32 Å². The molecular weight excluding hydrogens is 325 g/mol. The lowest BCUT2D eigenvalue weighted by Crippen LogP contribution is -2.26. The maximum absolute atomic E-state index is 12.8. The van der Waals surface area contributed by atoms with Crippen molar-refractivity contribution in [3.8, 4) is 5.75 Å². The Kier molecular flexibility index (Phi) is 6.51. The fraction of sp³-hybridized carbons (Fsp3) is 0.263. The summed E-state index contributed by atoms with van der Waals surface area (Å²) in [5.41, 5.74) is 1.79. The van der Waals surface area contributed by atoms with Gasteiger partial charge in [-0.2, -0.15) is 0 Å². The number of carbonyl (C=O) groups excluding carboxylic acids is 1. The van der Waals surface area contributed by atoms with E-state index in [1.165, 1.54) is 12.1 Å². The molecule has 25 heavy (non-hydrogen) atoms. The van der Waals surface area contributed by atoms with E-state index in [2.05, 4.69) is 5.32 Å². The first-order valence-corrected chi connectivity index (χ1v) is 7.92. The van der Waals surface area contributed by atoms with Crippen LogP contribution >= 0.6 is 0 Å². The number of carboxylic acids is 1. The molecule has 0 aliphatic heterocycles. The van der Waals surface area contributed by atoms with Crippen LogP contribution in [0.25, 0.3) is 0 Å². The minimum Gasteiger partial charge on any atom is -0.482 e. The third kappa shape index (κ3) is 6.25. The van der Waals surface area contributed by atoms with Crippen molar-refractivity contribution in [2.45, 2.75) is 25.8 Å². The van der Waals surface area contributed by atoms with E-state index in [1.54, 1.807) is 36.4 Å². The second-order valence-electron chi connectivity index (χ2n) is 5.67. The summed E-state index contributed by atoms with van der Waals surface area (Å²) in [5.74, 6) is -0.965. The average Bonchev–Trinajstić information content (AvgIpc) is 2.60. The predicted octanol–water partition coefficient (Wildman–Crippen LogP) is 3.10. The number of rotatable bonds is 8. The van der Waals surface area contributed by atoms with Gasteiger partial charge in [-0.15, -0.1) is 0 Å². The molecule has 0 radical (unpaired) electrons. The van der Waals surface area contributed by atoms with Crippen molar-refractivity contribution in [3.05, 3.63) is 65.5 Å². The number of halogens is 1. The lowest BCUT2D eigenvalue weighted by Gasteiger charge is -2.15. The van der Waals surface area contributed by atoms with Gasteiger partial charge >= 0.3 is 5.97 Å². The Hall–Kier alpha value is -2.89. The minimum absolute atomic E-state index is 0.0944. The summed E-state index contributed by atoms with van der Waals surface area (Å²) in [5, 5.41) is 11.5. The maximum atomic E-state index is 12.8. The zero-order valence-corrected chi connectivity index (χ0v) is 13.9. The maximum Gasteiger partial charge on any atom is 0.341 e. The van der Waals surface area contributed by atoms with E-state index in [4.69, 9.17) is 9.84 Å². The highest BCUT2D eigenvalue weighted by Gasteiger charge is 2.10. The van der Waals surface area contributed by atoms with Gasteiger partial charge in [-0.25, -0.2) is 9.18 Å². The molecule has 0 spiro atoms. The molecular formula is C19H20FNO4. The molecule has 1 amide bonds. The SMILES string of the molecule is CC(NC(=O)CCc1ccc(F)cc1)c1ccc(OCC(=O)O)cc1. The van der Waals surface area contributed by atoms with Gasteiger partial charge in [0.25, 0.3) is 0 Å². The number of carbonyl (C=O) groups is 2. The van der Waals surface area contributed by atoms with Crippen molar-refractivity contribution in [1.29, 1.82) is 0 Å². The van der Waals surface area contributed by atoms with Crippen LogP contribution in [0.1, 0.15) is 30.5 Å². The molecule has 0 saturated carbocycles. The summed E-state index contributed by atoms with van der Waals surface area (Å²) in [7, 11) is 0. The van der Waals surface area contributed by atoms with Crippen LogP contribution in [0.15, 0.2) is 48.5 Å². The predicted molar refractivity (Wildman–Crippen MR) is 90.9 cm³/mol. The van der Waals surface area contributed by atoms with Crippen LogP contribution in [-0.4, -0.2) is 23.6 Å². The number of nitrogens with one attached hydrogen (secondary N) is 1. The number of aliphatic carboxylic acids is 1. The molecule has 1 atom stereocenters. The van der Waals surface area contributed by atoms with E-state index < -0.39 is 12.6 Å². The van der Waals surface area contributed by atoms with E-state index in [-0.39, 0.29) is 17.8 Å². The molecule has 0 bridgehead atoms. The molecule has 0 aliphatic rings. The molecule has 2 aromatic rings. The Morgan fingerprint density at radius 2 is 1.76 bits per heavy atom. The molecule has 2 rings (SSSR count). The number of amides is 1. The van der Waals surface area contributed by atoms with Crippen molar-refractivity contribution in [3.63, 3.8) is 0 Å². The van der Waals surface area contributed by atoms with Crippen molar-refractivity contribution < 1.29 is 23.8 Å². The van der Waals surface area contributed by atoms with Gasteiger partial charge in [-0.05, 0) is 48.7 Å². The Morgan fingerprint density at radius 1 is 1.12 bits per heavy atom. The molecule has 0 aromatic heterocycles. The fourth-order valence-corrected chi connectivity index (χ4v) is 2.30. The standard InChI is InChI=1S/C19H20FNO4/c1-13(15-5-9-17(10-6-15)25-12-19(23)24)21-18(22)11-4-14-2-7-16(20)8-3-14/h2-3,5-10,13H,4,11-12H2,1H3,(H,21,22)(H,23,24). The Labute approximate surface area is 145 Å². The summed E-state index contributed by atoms with van der Waals surface area (Å²) in [6, 6.07) is 12.8. The number of benzene rings is 2. The highest BCUT2D eigenvalue weighted by molar-refractivity contribution is 5.76. The van der Waals surface area contributed by atoms with Gasteiger partial charge in [-0.3, -0.25) is 4.79 Å². The summed E-state index contributed by atoms with van der Waals surface area (Å²) < 4.78 is 17.9. The van der Waals surface area contributed by atoms with E-state index >= 15 is 0 Å². The molecule has 1 unspecified atom stereocenters. The Bertz CT molecular complexity index is 713. The summed E-state index contributed by atoms with van der Waals surface area (Å²) >= 11 is 0. The Morgan fingerprint density at radius 3 is 2.36 bits per heavy atom. The lowest BCUT2D eigenvalue weighted by atomic mass is 10.1.